The Kier molecular flexibility index (Phi) is 9.86. The minimum Gasteiger partial charge on any atom is -0.478 e. The number of carbonyl (C=O) groups is 2. The molecule has 1 amide bonds. The van der Waals surface area contributed by atoms with Crippen LogP contribution in [-0.4, -0.2) is 72.7 Å². The maximum Gasteiger partial charge on any atom is 0.336 e. The number of hydrogen-bond acceptors (Lipinski definition) is 6. The van der Waals surface area contributed by atoms with Crippen molar-refractivity contribution in [3.8, 4) is 11.5 Å². The summed E-state index contributed by atoms with van der Waals surface area (Å²) in [6.45, 7) is 3.78. The molecule has 1 aliphatic rings. The number of nitrogens with one attached hydrogen (secondary N) is 1. The number of methoxy groups -OCH3 is 1. The fourth-order valence-electron chi connectivity index (χ4n) is 4.77. The summed E-state index contributed by atoms with van der Waals surface area (Å²) in [5, 5.41) is 12.5. The average molecular weight is 518 g/mol. The number of piperidine rings is 1. The summed E-state index contributed by atoms with van der Waals surface area (Å²) in [5.74, 6) is 0.491. The van der Waals surface area contributed by atoms with Gasteiger partial charge in [0.05, 0.1) is 18.7 Å². The molecule has 0 atom stereocenters. The lowest BCUT2D eigenvalue weighted by molar-refractivity contribution is -0.118. The molecule has 0 aromatic heterocycles. The van der Waals surface area contributed by atoms with Crippen molar-refractivity contribution in [2.24, 2.45) is 0 Å². The van der Waals surface area contributed by atoms with Crippen molar-refractivity contribution in [2.45, 2.75) is 25.4 Å². The second-order valence-electron chi connectivity index (χ2n) is 9.42. The van der Waals surface area contributed by atoms with Crippen molar-refractivity contribution in [1.29, 1.82) is 0 Å². The number of carboxylic acid groups (broad SMARTS) is 1. The normalized spacial score (nSPS) is 14.4. The van der Waals surface area contributed by atoms with Crippen LogP contribution in [0.1, 0.15) is 28.8 Å². The molecule has 0 saturated carbocycles. The fourth-order valence-corrected chi connectivity index (χ4v) is 4.77. The molecule has 8 heteroatoms. The minimum atomic E-state index is -0.898. The molecule has 4 rings (SSSR count). The lowest BCUT2D eigenvalue weighted by Gasteiger charge is -2.38. The Morgan fingerprint density at radius 1 is 0.947 bits per heavy atom. The number of anilines is 1. The van der Waals surface area contributed by atoms with Gasteiger partial charge in [0, 0.05) is 31.9 Å². The van der Waals surface area contributed by atoms with E-state index in [0.29, 0.717) is 36.7 Å². The van der Waals surface area contributed by atoms with E-state index in [1.165, 1.54) is 0 Å². The van der Waals surface area contributed by atoms with Crippen LogP contribution in [-0.2, 0) is 16.1 Å². The van der Waals surface area contributed by atoms with E-state index in [-0.39, 0.29) is 18.5 Å². The van der Waals surface area contributed by atoms with E-state index in [2.05, 4.69) is 15.1 Å². The van der Waals surface area contributed by atoms with Crippen molar-refractivity contribution < 1.29 is 24.2 Å². The largest absolute Gasteiger partial charge is 0.478 e. The van der Waals surface area contributed by atoms with Crippen molar-refractivity contribution in [3.05, 3.63) is 90.0 Å². The van der Waals surface area contributed by atoms with Gasteiger partial charge >= 0.3 is 5.97 Å². The van der Waals surface area contributed by atoms with Gasteiger partial charge < -0.3 is 19.9 Å². The molecule has 0 aliphatic carbocycles. The van der Waals surface area contributed by atoms with E-state index in [1.54, 1.807) is 19.2 Å². The SMILES string of the molecule is COCCN(CC(=O)Nc1ccc(Oc2ccccc2)cc1)C1CCN(Cc2ccccc2C(=O)O)CC1. The Morgan fingerprint density at radius 3 is 2.29 bits per heavy atom. The van der Waals surface area contributed by atoms with Crippen LogP contribution in [0.15, 0.2) is 78.9 Å². The molecule has 8 nitrogen and oxygen atoms in total. The standard InChI is InChI=1S/C30H35N3O5/c1-37-20-19-33(25-15-17-32(18-16-25)21-23-7-5-6-10-28(23)30(35)36)22-29(34)31-24-11-13-27(14-12-24)38-26-8-3-2-4-9-26/h2-14,25H,15-22H2,1H3,(H,31,34)(H,35,36). The van der Waals surface area contributed by atoms with Gasteiger partial charge in [0.2, 0.25) is 5.91 Å². The summed E-state index contributed by atoms with van der Waals surface area (Å²) in [5.41, 5.74) is 1.90. The Hall–Kier alpha value is -3.72. The van der Waals surface area contributed by atoms with Gasteiger partial charge in [-0.1, -0.05) is 36.4 Å². The minimum absolute atomic E-state index is 0.0735. The monoisotopic (exact) mass is 517 g/mol. The van der Waals surface area contributed by atoms with Crippen molar-refractivity contribution in [1.82, 2.24) is 9.80 Å². The van der Waals surface area contributed by atoms with Crippen LogP contribution in [0.25, 0.3) is 0 Å². The van der Waals surface area contributed by atoms with E-state index in [4.69, 9.17) is 9.47 Å². The molecule has 0 spiro atoms. The molecular weight excluding hydrogens is 482 g/mol. The molecule has 38 heavy (non-hydrogen) atoms. The summed E-state index contributed by atoms with van der Waals surface area (Å²) in [6.07, 6.45) is 1.80. The smallest absolute Gasteiger partial charge is 0.336 e. The summed E-state index contributed by atoms with van der Waals surface area (Å²) < 4.78 is 11.1. The first kappa shape index (κ1) is 27.3. The van der Waals surface area contributed by atoms with Gasteiger partial charge in [0.15, 0.2) is 0 Å². The Morgan fingerprint density at radius 2 is 1.61 bits per heavy atom. The number of rotatable bonds is 12. The first-order chi connectivity index (χ1) is 18.5. The second kappa shape index (κ2) is 13.7. The molecule has 3 aromatic carbocycles. The van der Waals surface area contributed by atoms with Crippen LogP contribution in [0.2, 0.25) is 0 Å². The molecule has 0 bridgehead atoms. The molecule has 200 valence electrons. The number of ether oxygens (including phenoxy) is 2. The molecule has 1 fully saturated rings. The highest BCUT2D eigenvalue weighted by Crippen LogP contribution is 2.23. The lowest BCUT2D eigenvalue weighted by atomic mass is 10.0. The predicted molar refractivity (Wildman–Crippen MR) is 147 cm³/mol. The molecular formula is C30H35N3O5. The number of nitrogens with zero attached hydrogens (tertiary/aromatic N) is 2. The lowest BCUT2D eigenvalue weighted by Crippen LogP contribution is -2.48. The first-order valence-electron chi connectivity index (χ1n) is 12.9. The Bertz CT molecular complexity index is 1180. The van der Waals surface area contributed by atoms with E-state index in [9.17, 15) is 14.7 Å². The van der Waals surface area contributed by atoms with Gasteiger partial charge in [-0.2, -0.15) is 0 Å². The number of carboxylic acids is 1. The summed E-state index contributed by atoms with van der Waals surface area (Å²) >= 11 is 0. The Balaban J connectivity index is 1.29. The number of carbonyl (C=O) groups excluding carboxylic acids is 1. The molecule has 1 heterocycles. The van der Waals surface area contributed by atoms with Gasteiger partial charge in [0.1, 0.15) is 11.5 Å². The van der Waals surface area contributed by atoms with E-state index >= 15 is 0 Å². The predicted octanol–water partition coefficient (Wildman–Crippen LogP) is 4.73. The number of aromatic carboxylic acids is 1. The Labute approximate surface area is 223 Å². The topological polar surface area (TPSA) is 91.3 Å². The molecule has 0 unspecified atom stereocenters. The summed E-state index contributed by atoms with van der Waals surface area (Å²) in [6, 6.07) is 24.3. The number of amides is 1. The first-order valence-corrected chi connectivity index (χ1v) is 12.9. The second-order valence-corrected chi connectivity index (χ2v) is 9.42. The molecule has 1 saturated heterocycles. The van der Waals surface area contributed by atoms with Gasteiger partial charge in [-0.3, -0.25) is 14.6 Å². The zero-order valence-corrected chi connectivity index (χ0v) is 21.7. The molecule has 3 aromatic rings. The van der Waals surface area contributed by atoms with Crippen LogP contribution in [0, 0.1) is 0 Å². The van der Waals surface area contributed by atoms with Crippen LogP contribution in [0.4, 0.5) is 5.69 Å². The van der Waals surface area contributed by atoms with E-state index < -0.39 is 5.97 Å². The maximum atomic E-state index is 12.9. The highest BCUT2D eigenvalue weighted by atomic mass is 16.5. The highest BCUT2D eigenvalue weighted by Gasteiger charge is 2.26. The molecule has 0 radical (unpaired) electrons. The third-order valence-corrected chi connectivity index (χ3v) is 6.76. The van der Waals surface area contributed by atoms with Crippen LogP contribution < -0.4 is 10.1 Å². The summed E-state index contributed by atoms with van der Waals surface area (Å²) in [7, 11) is 1.67. The van der Waals surface area contributed by atoms with Gasteiger partial charge in [-0.15, -0.1) is 0 Å². The molecule has 1 aliphatic heterocycles. The van der Waals surface area contributed by atoms with Gasteiger partial charge in [-0.25, -0.2) is 4.79 Å². The quantitative estimate of drug-likeness (QED) is 0.359. The van der Waals surface area contributed by atoms with Gasteiger partial charge in [0.25, 0.3) is 0 Å². The van der Waals surface area contributed by atoms with Crippen LogP contribution in [0.5, 0.6) is 11.5 Å². The van der Waals surface area contributed by atoms with Crippen LogP contribution in [0.3, 0.4) is 0 Å². The number of benzene rings is 3. The molecule has 2 N–H and O–H groups in total. The van der Waals surface area contributed by atoms with E-state index in [0.717, 1.165) is 37.2 Å². The summed E-state index contributed by atoms with van der Waals surface area (Å²) in [4.78, 5) is 28.9. The average Bonchev–Trinajstić information content (AvgIpc) is 2.93. The van der Waals surface area contributed by atoms with E-state index in [1.807, 2.05) is 66.7 Å². The van der Waals surface area contributed by atoms with Crippen molar-refractivity contribution in [3.63, 3.8) is 0 Å². The zero-order valence-electron chi connectivity index (χ0n) is 21.7. The van der Waals surface area contributed by atoms with Crippen molar-refractivity contribution in [2.75, 3.05) is 45.2 Å². The fraction of sp³-hybridized carbons (Fsp3) is 0.333. The zero-order chi connectivity index (χ0) is 26.7. The highest BCUT2D eigenvalue weighted by molar-refractivity contribution is 5.92. The number of likely N-dealkylation sites (tertiary alicyclic amines) is 1. The number of hydrogen-bond donors (Lipinski definition) is 2. The third kappa shape index (κ3) is 7.89. The van der Waals surface area contributed by atoms with Crippen LogP contribution >= 0.6 is 0 Å². The third-order valence-electron chi connectivity index (χ3n) is 6.76. The van der Waals surface area contributed by atoms with Crippen molar-refractivity contribution >= 4 is 17.6 Å². The maximum absolute atomic E-state index is 12.9. The van der Waals surface area contributed by atoms with Gasteiger partial charge in [-0.05, 0) is 74.0 Å². The number of para-hydroxylation sites is 1.